The van der Waals surface area contributed by atoms with E-state index >= 15 is 0 Å². The van der Waals surface area contributed by atoms with Gasteiger partial charge in [0.25, 0.3) is 10.1 Å². The van der Waals surface area contributed by atoms with E-state index in [1.165, 1.54) is 0 Å². The summed E-state index contributed by atoms with van der Waals surface area (Å²) < 4.78 is 29.4. The number of hydrogen-bond donors (Lipinski definition) is 2. The Balaban J connectivity index is 4.92. The summed E-state index contributed by atoms with van der Waals surface area (Å²) >= 11 is 0. The van der Waals surface area contributed by atoms with Gasteiger partial charge in [-0.25, -0.2) is 0 Å². The lowest BCUT2D eigenvalue weighted by molar-refractivity contribution is 0.179. The lowest BCUT2D eigenvalue weighted by Crippen LogP contribution is -2.32. The Bertz CT molecular complexity index is 256. The zero-order valence-corrected chi connectivity index (χ0v) is 7.51. The molecule has 0 aliphatic heterocycles. The molecule has 0 heterocycles. The first-order valence-electron chi connectivity index (χ1n) is 3.02. The maximum absolute atomic E-state index is 10.4. The van der Waals surface area contributed by atoms with Crippen LogP contribution in [0.1, 0.15) is 20.8 Å². The third kappa shape index (κ3) is 3.00. The van der Waals surface area contributed by atoms with E-state index in [4.69, 9.17) is 9.66 Å². The lowest BCUT2D eigenvalue weighted by atomic mass is 10.2. The smallest absolute Gasteiger partial charge is 0.298 e. The monoisotopic (exact) mass is 180 g/mol. The molecule has 0 aromatic rings. The van der Waals surface area contributed by atoms with E-state index in [9.17, 15) is 8.42 Å². The summed E-state index contributed by atoms with van der Waals surface area (Å²) in [6, 6.07) is 0. The van der Waals surface area contributed by atoms with E-state index in [-0.39, 0.29) is 0 Å². The summed E-state index contributed by atoms with van der Waals surface area (Å²) in [6.45, 7) is 4.26. The number of allylic oxidation sites excluding steroid dienone is 1. The maximum atomic E-state index is 10.4. The molecular formula is C6H12O4S. The molecule has 0 spiro atoms. The lowest BCUT2D eigenvalue weighted by Gasteiger charge is -2.14. The van der Waals surface area contributed by atoms with E-state index in [0.29, 0.717) is 5.57 Å². The van der Waals surface area contributed by atoms with Crippen molar-refractivity contribution < 1.29 is 18.1 Å². The first kappa shape index (κ1) is 10.6. The van der Waals surface area contributed by atoms with Gasteiger partial charge in [-0.05, 0) is 26.8 Å². The molecule has 0 radical (unpaired) electrons. The summed E-state index contributed by atoms with van der Waals surface area (Å²) in [5, 5.41) is 9.11. The maximum Gasteiger partial charge on any atom is 0.298 e. The summed E-state index contributed by atoms with van der Waals surface area (Å²) in [6.07, 6.45) is 1.07. The van der Waals surface area contributed by atoms with Crippen LogP contribution in [0, 0.1) is 0 Å². The molecule has 0 saturated heterocycles. The summed E-state index contributed by atoms with van der Waals surface area (Å²) in [5.74, 6) is 0. The van der Waals surface area contributed by atoms with Crippen LogP contribution in [0.4, 0.5) is 0 Å². The Morgan fingerprint density at radius 3 is 1.91 bits per heavy atom. The molecule has 0 rings (SSSR count). The van der Waals surface area contributed by atoms with Crippen LogP contribution < -0.4 is 0 Å². The van der Waals surface area contributed by atoms with Crippen LogP contribution in [0.25, 0.3) is 0 Å². The molecule has 0 aromatic heterocycles. The van der Waals surface area contributed by atoms with E-state index in [1.54, 1.807) is 13.8 Å². The van der Waals surface area contributed by atoms with E-state index < -0.39 is 15.1 Å². The zero-order chi connectivity index (χ0) is 9.28. The van der Waals surface area contributed by atoms with Crippen molar-refractivity contribution in [1.82, 2.24) is 0 Å². The molecule has 1 atom stereocenters. The minimum Gasteiger partial charge on any atom is -0.370 e. The summed E-state index contributed by atoms with van der Waals surface area (Å²) in [7, 11) is -4.42. The molecule has 5 heteroatoms. The first-order valence-corrected chi connectivity index (χ1v) is 4.46. The third-order valence-electron chi connectivity index (χ3n) is 1.08. The van der Waals surface area contributed by atoms with Gasteiger partial charge in [0.1, 0.15) is 0 Å². The van der Waals surface area contributed by atoms with Crippen LogP contribution in [0.3, 0.4) is 0 Å². The molecule has 0 aliphatic carbocycles. The van der Waals surface area contributed by atoms with Crippen molar-refractivity contribution in [2.45, 2.75) is 25.7 Å². The molecule has 0 saturated carbocycles. The fourth-order valence-electron chi connectivity index (χ4n) is 0.610. The van der Waals surface area contributed by atoms with Gasteiger partial charge in [-0.15, -0.1) is 0 Å². The van der Waals surface area contributed by atoms with Crippen molar-refractivity contribution in [2.24, 2.45) is 0 Å². The molecular weight excluding hydrogens is 168 g/mol. The molecule has 0 bridgehead atoms. The minimum absolute atomic E-state index is 0.618. The van der Waals surface area contributed by atoms with Gasteiger partial charge in [-0.1, -0.05) is 5.57 Å². The van der Waals surface area contributed by atoms with Crippen molar-refractivity contribution in [1.29, 1.82) is 0 Å². The summed E-state index contributed by atoms with van der Waals surface area (Å²) in [4.78, 5) is -2.17. The molecule has 0 aromatic carbocycles. The van der Waals surface area contributed by atoms with Crippen molar-refractivity contribution in [3.05, 3.63) is 11.6 Å². The SMILES string of the molecule is CC(C)=CC(C)(O)S(=O)(=O)O. The van der Waals surface area contributed by atoms with Crippen LogP contribution in [0.15, 0.2) is 11.6 Å². The highest BCUT2D eigenvalue weighted by molar-refractivity contribution is 7.87. The fraction of sp³-hybridized carbons (Fsp3) is 0.667. The zero-order valence-electron chi connectivity index (χ0n) is 6.70. The number of rotatable bonds is 2. The highest BCUT2D eigenvalue weighted by Gasteiger charge is 2.32. The van der Waals surface area contributed by atoms with Gasteiger partial charge in [-0.2, -0.15) is 8.42 Å². The second-order valence-electron chi connectivity index (χ2n) is 2.75. The van der Waals surface area contributed by atoms with Crippen LogP contribution >= 0.6 is 0 Å². The van der Waals surface area contributed by atoms with Gasteiger partial charge >= 0.3 is 0 Å². The van der Waals surface area contributed by atoms with E-state index in [1.807, 2.05) is 0 Å². The van der Waals surface area contributed by atoms with Gasteiger partial charge < -0.3 is 5.11 Å². The molecule has 0 amide bonds. The van der Waals surface area contributed by atoms with Crippen LogP contribution in [0.2, 0.25) is 0 Å². The van der Waals surface area contributed by atoms with Crippen LogP contribution in [-0.2, 0) is 10.1 Å². The molecule has 0 fully saturated rings. The highest BCUT2D eigenvalue weighted by atomic mass is 32.2. The predicted molar refractivity (Wildman–Crippen MR) is 41.6 cm³/mol. The molecule has 11 heavy (non-hydrogen) atoms. The Morgan fingerprint density at radius 1 is 1.45 bits per heavy atom. The fourth-order valence-corrected chi connectivity index (χ4v) is 0.995. The quantitative estimate of drug-likeness (QED) is 0.480. The standard InChI is InChI=1S/C6H12O4S/c1-5(2)4-6(3,7)11(8,9)10/h4,7H,1-3H3,(H,8,9,10). The van der Waals surface area contributed by atoms with Gasteiger partial charge in [0.15, 0.2) is 0 Å². The summed E-state index contributed by atoms with van der Waals surface area (Å²) in [5.41, 5.74) is 0.618. The Kier molecular flexibility index (Phi) is 2.82. The Hall–Kier alpha value is -0.390. The number of hydrogen-bond acceptors (Lipinski definition) is 3. The topological polar surface area (TPSA) is 74.6 Å². The molecule has 2 N–H and O–H groups in total. The molecule has 66 valence electrons. The van der Waals surface area contributed by atoms with Gasteiger partial charge in [0.05, 0.1) is 0 Å². The van der Waals surface area contributed by atoms with E-state index in [0.717, 1.165) is 13.0 Å². The second-order valence-corrected chi connectivity index (χ2v) is 4.53. The van der Waals surface area contributed by atoms with Crippen LogP contribution in [-0.4, -0.2) is 23.0 Å². The van der Waals surface area contributed by atoms with Gasteiger partial charge in [-0.3, -0.25) is 4.55 Å². The van der Waals surface area contributed by atoms with E-state index in [2.05, 4.69) is 0 Å². The second kappa shape index (κ2) is 2.92. The Labute approximate surface area is 66.3 Å². The first-order chi connectivity index (χ1) is 4.67. The molecule has 0 aliphatic rings. The minimum atomic E-state index is -4.42. The van der Waals surface area contributed by atoms with Crippen LogP contribution in [0.5, 0.6) is 0 Å². The largest absolute Gasteiger partial charge is 0.370 e. The number of aliphatic hydroxyl groups is 1. The predicted octanol–water partition coefficient (Wildman–Crippen LogP) is 0.549. The van der Waals surface area contributed by atoms with Crippen molar-refractivity contribution in [2.75, 3.05) is 0 Å². The van der Waals surface area contributed by atoms with Crippen molar-refractivity contribution in [3.8, 4) is 0 Å². The van der Waals surface area contributed by atoms with Crippen molar-refractivity contribution in [3.63, 3.8) is 0 Å². The average Bonchev–Trinajstić information content (AvgIpc) is 1.56. The Morgan fingerprint density at radius 2 is 1.82 bits per heavy atom. The van der Waals surface area contributed by atoms with Crippen molar-refractivity contribution >= 4 is 10.1 Å². The molecule has 4 nitrogen and oxygen atoms in total. The normalized spacial score (nSPS) is 17.2. The third-order valence-corrected chi connectivity index (χ3v) is 2.24. The highest BCUT2D eigenvalue weighted by Crippen LogP contribution is 2.14. The van der Waals surface area contributed by atoms with Gasteiger partial charge in [0.2, 0.25) is 4.93 Å². The van der Waals surface area contributed by atoms with Gasteiger partial charge in [0, 0.05) is 0 Å². The molecule has 1 unspecified atom stereocenters. The average molecular weight is 180 g/mol.